The zero-order chi connectivity index (χ0) is 17.5. The zero-order valence-electron chi connectivity index (χ0n) is 13.1. The molecule has 2 aromatic heterocycles. The highest BCUT2D eigenvalue weighted by Gasteiger charge is 2.18. The van der Waals surface area contributed by atoms with Crippen LogP contribution < -0.4 is 0 Å². The van der Waals surface area contributed by atoms with Crippen LogP contribution in [-0.2, 0) is 16.3 Å². The van der Waals surface area contributed by atoms with Gasteiger partial charge < -0.3 is 5.11 Å². The molecule has 0 saturated carbocycles. The quantitative estimate of drug-likeness (QED) is 0.789. The summed E-state index contributed by atoms with van der Waals surface area (Å²) >= 11 is 0. The highest BCUT2D eigenvalue weighted by atomic mass is 32.2. The largest absolute Gasteiger partial charge is 0.504 e. The Hall–Kier alpha value is -2.54. The number of fused-ring (bicyclic) bond motifs is 1. The predicted molar refractivity (Wildman–Crippen MR) is 88.3 cm³/mol. The molecule has 7 heteroatoms. The van der Waals surface area contributed by atoms with Crippen molar-refractivity contribution < 1.29 is 17.9 Å². The van der Waals surface area contributed by atoms with Gasteiger partial charge in [0.2, 0.25) is 0 Å². The molecule has 0 radical (unpaired) electrons. The minimum atomic E-state index is -3.61. The van der Waals surface area contributed by atoms with E-state index in [1.807, 2.05) is 0 Å². The number of aromatic hydroxyl groups is 1. The maximum Gasteiger partial charge on any atom is 0.175 e. The van der Waals surface area contributed by atoms with E-state index < -0.39 is 15.7 Å². The number of halogens is 1. The van der Waals surface area contributed by atoms with Crippen LogP contribution in [0.1, 0.15) is 17.0 Å². The van der Waals surface area contributed by atoms with Crippen LogP contribution in [0.4, 0.5) is 4.39 Å². The number of hydrogen-bond acceptors (Lipinski definition) is 5. The van der Waals surface area contributed by atoms with Crippen molar-refractivity contribution in [1.29, 1.82) is 0 Å². The molecule has 0 saturated heterocycles. The Morgan fingerprint density at radius 3 is 2.71 bits per heavy atom. The Labute approximate surface area is 138 Å². The molecule has 5 nitrogen and oxygen atoms in total. The first-order valence-corrected chi connectivity index (χ1v) is 9.08. The number of aryl methyl sites for hydroxylation is 1. The van der Waals surface area contributed by atoms with Gasteiger partial charge in [-0.05, 0) is 36.8 Å². The standard InChI is InChI=1S/C17H15FN2O3S/c1-10-13-4-3-7-19-16(13)17(21)14(20-10)8-11-5-6-12(18)9-15(11)24(2,22)23/h3-7,9,21H,8H2,1-2H3. The fourth-order valence-electron chi connectivity index (χ4n) is 2.66. The van der Waals surface area contributed by atoms with E-state index >= 15 is 0 Å². The number of benzene rings is 1. The van der Waals surface area contributed by atoms with Gasteiger partial charge >= 0.3 is 0 Å². The fourth-order valence-corrected chi connectivity index (χ4v) is 3.60. The Kier molecular flexibility index (Phi) is 3.96. The van der Waals surface area contributed by atoms with Gasteiger partial charge in [0.15, 0.2) is 15.6 Å². The molecular weight excluding hydrogens is 331 g/mol. The van der Waals surface area contributed by atoms with Gasteiger partial charge in [-0.2, -0.15) is 0 Å². The van der Waals surface area contributed by atoms with Crippen molar-refractivity contribution in [2.45, 2.75) is 18.2 Å². The van der Waals surface area contributed by atoms with Crippen molar-refractivity contribution >= 4 is 20.7 Å². The molecule has 0 amide bonds. The minimum Gasteiger partial charge on any atom is -0.504 e. The molecule has 0 aliphatic carbocycles. The number of pyridine rings is 2. The van der Waals surface area contributed by atoms with E-state index in [4.69, 9.17) is 0 Å². The molecule has 0 bridgehead atoms. The van der Waals surface area contributed by atoms with Crippen molar-refractivity contribution in [2.75, 3.05) is 6.26 Å². The second-order valence-corrected chi connectivity index (χ2v) is 7.58. The molecule has 2 heterocycles. The summed E-state index contributed by atoms with van der Waals surface area (Å²) in [6.45, 7) is 1.79. The molecule has 0 atom stereocenters. The Balaban J connectivity index is 2.17. The summed E-state index contributed by atoms with van der Waals surface area (Å²) in [5.74, 6) is -0.729. The lowest BCUT2D eigenvalue weighted by atomic mass is 10.1. The normalized spacial score (nSPS) is 11.8. The summed E-state index contributed by atoms with van der Waals surface area (Å²) in [5, 5.41) is 11.2. The van der Waals surface area contributed by atoms with Gasteiger partial charge in [-0.15, -0.1) is 0 Å². The molecule has 0 unspecified atom stereocenters. The van der Waals surface area contributed by atoms with Crippen LogP contribution in [0.25, 0.3) is 10.9 Å². The van der Waals surface area contributed by atoms with E-state index in [0.717, 1.165) is 17.7 Å². The van der Waals surface area contributed by atoms with Crippen molar-refractivity contribution in [3.8, 4) is 5.75 Å². The monoisotopic (exact) mass is 346 g/mol. The van der Waals surface area contributed by atoms with Gasteiger partial charge in [0, 0.05) is 30.0 Å². The summed E-state index contributed by atoms with van der Waals surface area (Å²) < 4.78 is 37.2. The lowest BCUT2D eigenvalue weighted by molar-refractivity contribution is 0.470. The van der Waals surface area contributed by atoms with Gasteiger partial charge in [-0.3, -0.25) is 9.97 Å². The number of hydrogen-bond donors (Lipinski definition) is 1. The van der Waals surface area contributed by atoms with Crippen LogP contribution in [0.15, 0.2) is 41.4 Å². The second kappa shape index (κ2) is 5.83. The van der Waals surface area contributed by atoms with E-state index in [-0.39, 0.29) is 17.1 Å². The van der Waals surface area contributed by atoms with Gasteiger partial charge in [0.25, 0.3) is 0 Å². The van der Waals surface area contributed by atoms with E-state index in [2.05, 4.69) is 9.97 Å². The molecule has 0 aliphatic rings. The number of sulfone groups is 1. The van der Waals surface area contributed by atoms with Crippen molar-refractivity contribution in [3.63, 3.8) is 0 Å². The van der Waals surface area contributed by atoms with Crippen molar-refractivity contribution in [3.05, 3.63) is 59.3 Å². The van der Waals surface area contributed by atoms with Crippen LogP contribution in [0.2, 0.25) is 0 Å². The molecular formula is C17H15FN2O3S. The lowest BCUT2D eigenvalue weighted by Gasteiger charge is -2.11. The van der Waals surface area contributed by atoms with Crippen molar-refractivity contribution in [1.82, 2.24) is 9.97 Å². The van der Waals surface area contributed by atoms with Gasteiger partial charge in [0.05, 0.1) is 10.6 Å². The topological polar surface area (TPSA) is 80.2 Å². The maximum absolute atomic E-state index is 13.4. The Bertz CT molecular complexity index is 1050. The van der Waals surface area contributed by atoms with E-state index in [0.29, 0.717) is 22.5 Å². The molecule has 3 aromatic rings. The molecule has 3 rings (SSSR count). The highest BCUT2D eigenvalue weighted by molar-refractivity contribution is 7.90. The van der Waals surface area contributed by atoms with Crippen LogP contribution in [0, 0.1) is 12.7 Å². The summed E-state index contributed by atoms with van der Waals surface area (Å²) in [6, 6.07) is 7.11. The molecule has 0 aliphatic heterocycles. The van der Waals surface area contributed by atoms with Gasteiger partial charge in [0.1, 0.15) is 11.3 Å². The predicted octanol–water partition coefficient (Wildman–Crippen LogP) is 2.78. The van der Waals surface area contributed by atoms with E-state index in [1.54, 1.807) is 25.3 Å². The van der Waals surface area contributed by atoms with E-state index in [1.165, 1.54) is 12.1 Å². The first kappa shape index (κ1) is 16.3. The SMILES string of the molecule is Cc1nc(Cc2ccc(F)cc2S(C)(=O)=O)c(O)c2ncccc12. The molecule has 124 valence electrons. The van der Waals surface area contributed by atoms with Crippen molar-refractivity contribution in [2.24, 2.45) is 0 Å². The van der Waals surface area contributed by atoms with Crippen LogP contribution >= 0.6 is 0 Å². The number of aromatic nitrogens is 2. The molecule has 24 heavy (non-hydrogen) atoms. The minimum absolute atomic E-state index is 0.0574. The fraction of sp³-hybridized carbons (Fsp3) is 0.176. The van der Waals surface area contributed by atoms with Gasteiger partial charge in [-0.25, -0.2) is 12.8 Å². The number of rotatable bonds is 3. The summed E-state index contributed by atoms with van der Waals surface area (Å²) in [6.07, 6.45) is 2.64. The Morgan fingerprint density at radius 1 is 1.25 bits per heavy atom. The first-order valence-electron chi connectivity index (χ1n) is 7.19. The zero-order valence-corrected chi connectivity index (χ0v) is 13.9. The molecule has 0 fully saturated rings. The van der Waals surface area contributed by atoms with Gasteiger partial charge in [-0.1, -0.05) is 6.07 Å². The number of nitrogens with zero attached hydrogens (tertiary/aromatic N) is 2. The second-order valence-electron chi connectivity index (χ2n) is 5.59. The van der Waals surface area contributed by atoms with E-state index in [9.17, 15) is 17.9 Å². The highest BCUT2D eigenvalue weighted by Crippen LogP contribution is 2.30. The average molecular weight is 346 g/mol. The molecule has 1 aromatic carbocycles. The molecule has 0 spiro atoms. The van der Waals surface area contributed by atoms with Crippen LogP contribution in [0.5, 0.6) is 5.75 Å². The third-order valence-corrected chi connectivity index (χ3v) is 4.96. The van der Waals surface area contributed by atoms with Crippen LogP contribution in [-0.4, -0.2) is 29.7 Å². The Morgan fingerprint density at radius 2 is 2.00 bits per heavy atom. The third kappa shape index (κ3) is 2.94. The lowest BCUT2D eigenvalue weighted by Crippen LogP contribution is -2.05. The molecule has 1 N–H and O–H groups in total. The summed E-state index contributed by atoms with van der Waals surface area (Å²) in [5.41, 5.74) is 1.75. The summed E-state index contributed by atoms with van der Waals surface area (Å²) in [7, 11) is -3.61. The summed E-state index contributed by atoms with van der Waals surface area (Å²) in [4.78, 5) is 8.42. The van der Waals surface area contributed by atoms with Crippen LogP contribution in [0.3, 0.4) is 0 Å². The third-order valence-electron chi connectivity index (χ3n) is 3.78. The average Bonchev–Trinajstić information content (AvgIpc) is 2.53. The maximum atomic E-state index is 13.4. The first-order chi connectivity index (χ1) is 11.3. The smallest absolute Gasteiger partial charge is 0.175 e.